The molecule has 0 fully saturated rings. The van der Waals surface area contributed by atoms with Gasteiger partial charge in [-0.25, -0.2) is 9.59 Å². The van der Waals surface area contributed by atoms with E-state index in [4.69, 9.17) is 10.00 Å². The van der Waals surface area contributed by atoms with Crippen LogP contribution in [0.4, 0.5) is 23.7 Å². The average molecular weight is 486 g/mol. The highest BCUT2D eigenvalue weighted by Crippen LogP contribution is 2.37. The fraction of sp³-hybridized carbons (Fsp3) is 0.320. The van der Waals surface area contributed by atoms with Crippen LogP contribution in [0.25, 0.3) is 0 Å². The predicted molar refractivity (Wildman–Crippen MR) is 123 cm³/mol. The molecule has 184 valence electrons. The molecule has 1 N–H and O–H groups in total. The highest BCUT2D eigenvalue weighted by molar-refractivity contribution is 6.03. The summed E-state index contributed by atoms with van der Waals surface area (Å²) in [5.41, 5.74) is 0.218. The minimum atomic E-state index is -4.60. The van der Waals surface area contributed by atoms with Crippen molar-refractivity contribution in [2.45, 2.75) is 25.6 Å². The van der Waals surface area contributed by atoms with Crippen molar-refractivity contribution >= 4 is 17.7 Å². The lowest BCUT2D eigenvalue weighted by molar-refractivity contribution is -0.140. The third-order valence-corrected chi connectivity index (χ3v) is 5.49. The number of amides is 2. The standard InChI is InChI=1S/C25H25F3N4O3/c1-16-21(23(33)35-13-5-12-31(2)3)22(18-10-8-17(15-29)9-11-18)30-24(34)32(16)20-7-4-6-19(14-20)25(26,27)28/h4,6-11,14,22H,5,12-13H2,1-3H3,(H,30,34). The average Bonchev–Trinajstić information content (AvgIpc) is 2.81. The van der Waals surface area contributed by atoms with Gasteiger partial charge in [0.25, 0.3) is 0 Å². The molecule has 2 amide bonds. The smallest absolute Gasteiger partial charge is 0.416 e. The van der Waals surface area contributed by atoms with Crippen molar-refractivity contribution < 1.29 is 27.5 Å². The van der Waals surface area contributed by atoms with Crippen molar-refractivity contribution in [3.8, 4) is 6.07 Å². The molecule has 0 spiro atoms. The summed E-state index contributed by atoms with van der Waals surface area (Å²) in [6.45, 7) is 2.31. The van der Waals surface area contributed by atoms with Crippen LogP contribution in [0.3, 0.4) is 0 Å². The number of carbonyl (C=O) groups excluding carboxylic acids is 2. The molecule has 35 heavy (non-hydrogen) atoms. The van der Waals surface area contributed by atoms with Crippen LogP contribution >= 0.6 is 0 Å². The maximum atomic E-state index is 13.3. The molecule has 1 heterocycles. The molecule has 3 rings (SSSR count). The third kappa shape index (κ3) is 6.00. The Morgan fingerprint density at radius 3 is 2.49 bits per heavy atom. The van der Waals surface area contributed by atoms with E-state index in [9.17, 15) is 22.8 Å². The van der Waals surface area contributed by atoms with E-state index in [2.05, 4.69) is 5.32 Å². The first-order valence-corrected chi connectivity index (χ1v) is 10.8. The molecule has 1 atom stereocenters. The SMILES string of the molecule is CC1=C(C(=O)OCCCN(C)C)C(c2ccc(C#N)cc2)NC(=O)N1c1cccc(C(F)(F)F)c1. The van der Waals surface area contributed by atoms with Crippen molar-refractivity contribution in [2.75, 3.05) is 32.1 Å². The Bertz CT molecular complexity index is 1170. The van der Waals surface area contributed by atoms with Crippen molar-refractivity contribution in [3.05, 3.63) is 76.5 Å². The summed E-state index contributed by atoms with van der Waals surface area (Å²) in [7, 11) is 3.78. The molecule has 1 unspecified atom stereocenters. The molecule has 0 bridgehead atoms. The number of hydrogen-bond acceptors (Lipinski definition) is 5. The van der Waals surface area contributed by atoms with Gasteiger partial charge >= 0.3 is 18.2 Å². The second kappa shape index (κ2) is 10.6. The van der Waals surface area contributed by atoms with Crippen LogP contribution < -0.4 is 10.2 Å². The lowest BCUT2D eigenvalue weighted by atomic mass is 9.94. The number of hydrogen-bond donors (Lipinski definition) is 1. The molecule has 1 aliphatic rings. The van der Waals surface area contributed by atoms with Gasteiger partial charge in [-0.1, -0.05) is 18.2 Å². The maximum Gasteiger partial charge on any atom is 0.416 e. The summed E-state index contributed by atoms with van der Waals surface area (Å²) < 4.78 is 45.3. The molecule has 2 aromatic rings. The van der Waals surface area contributed by atoms with E-state index >= 15 is 0 Å². The number of nitrogens with one attached hydrogen (secondary N) is 1. The molecule has 2 aromatic carbocycles. The number of halogens is 3. The van der Waals surface area contributed by atoms with Crippen LogP contribution in [0.1, 0.15) is 36.1 Å². The second-order valence-corrected chi connectivity index (χ2v) is 8.29. The van der Waals surface area contributed by atoms with Crippen LogP contribution in [0.5, 0.6) is 0 Å². The predicted octanol–water partition coefficient (Wildman–Crippen LogP) is 4.62. The zero-order valence-electron chi connectivity index (χ0n) is 19.5. The first-order valence-electron chi connectivity index (χ1n) is 10.8. The van der Waals surface area contributed by atoms with Gasteiger partial charge in [-0.3, -0.25) is 4.90 Å². The third-order valence-electron chi connectivity index (χ3n) is 5.49. The van der Waals surface area contributed by atoms with Crippen LogP contribution in [0, 0.1) is 11.3 Å². The molecular formula is C25H25F3N4O3. The Hall–Kier alpha value is -3.84. The lowest BCUT2D eigenvalue weighted by Crippen LogP contribution is -2.48. The van der Waals surface area contributed by atoms with Gasteiger partial charge in [0.05, 0.1) is 41.1 Å². The van der Waals surface area contributed by atoms with Crippen molar-refractivity contribution in [1.82, 2.24) is 10.2 Å². The van der Waals surface area contributed by atoms with Crippen LogP contribution in [0.15, 0.2) is 59.8 Å². The van der Waals surface area contributed by atoms with E-state index in [0.717, 1.165) is 17.0 Å². The number of nitriles is 1. The highest BCUT2D eigenvalue weighted by atomic mass is 19.4. The van der Waals surface area contributed by atoms with E-state index in [0.29, 0.717) is 24.1 Å². The molecule has 0 saturated heterocycles. The number of allylic oxidation sites excluding steroid dienone is 1. The first kappa shape index (κ1) is 25.8. The number of nitrogens with zero attached hydrogens (tertiary/aromatic N) is 3. The number of alkyl halides is 3. The molecule has 0 aromatic heterocycles. The molecule has 7 nitrogen and oxygen atoms in total. The van der Waals surface area contributed by atoms with Gasteiger partial charge < -0.3 is 15.0 Å². The van der Waals surface area contributed by atoms with Crippen molar-refractivity contribution in [2.24, 2.45) is 0 Å². The van der Waals surface area contributed by atoms with Gasteiger partial charge in [0.15, 0.2) is 0 Å². The quantitative estimate of drug-likeness (QED) is 0.456. The number of rotatable bonds is 7. The number of esters is 1. The molecule has 0 aliphatic carbocycles. The Morgan fingerprint density at radius 2 is 1.89 bits per heavy atom. The van der Waals surface area contributed by atoms with Gasteiger partial charge in [0.2, 0.25) is 0 Å². The lowest BCUT2D eigenvalue weighted by Gasteiger charge is -2.35. The van der Waals surface area contributed by atoms with Gasteiger partial charge in [-0.05, 0) is 63.3 Å². The minimum absolute atomic E-state index is 0.0361. The molecular weight excluding hydrogens is 461 g/mol. The molecule has 0 radical (unpaired) electrons. The minimum Gasteiger partial charge on any atom is -0.462 e. The Balaban J connectivity index is 2.04. The summed E-state index contributed by atoms with van der Waals surface area (Å²) in [5.74, 6) is -0.687. The van der Waals surface area contributed by atoms with Crippen molar-refractivity contribution in [1.29, 1.82) is 5.26 Å². The number of urea groups is 1. The summed E-state index contributed by atoms with van der Waals surface area (Å²) in [4.78, 5) is 29.2. The van der Waals surface area contributed by atoms with Crippen molar-refractivity contribution in [3.63, 3.8) is 0 Å². The monoisotopic (exact) mass is 486 g/mol. The maximum absolute atomic E-state index is 13.3. The number of carbonyl (C=O) groups is 2. The highest BCUT2D eigenvalue weighted by Gasteiger charge is 2.38. The zero-order chi connectivity index (χ0) is 25.8. The van der Waals surface area contributed by atoms with E-state index < -0.39 is 29.8 Å². The molecule has 10 heteroatoms. The topological polar surface area (TPSA) is 85.7 Å². The Kier molecular flexibility index (Phi) is 7.82. The second-order valence-electron chi connectivity index (χ2n) is 8.29. The van der Waals surface area contributed by atoms with Crippen LogP contribution in [-0.2, 0) is 15.7 Å². The summed E-state index contributed by atoms with van der Waals surface area (Å²) in [5, 5.41) is 11.8. The zero-order valence-corrected chi connectivity index (χ0v) is 19.5. The summed E-state index contributed by atoms with van der Waals surface area (Å²) in [6.07, 6.45) is -4.02. The summed E-state index contributed by atoms with van der Waals surface area (Å²) >= 11 is 0. The fourth-order valence-electron chi connectivity index (χ4n) is 3.76. The van der Waals surface area contributed by atoms with Gasteiger partial charge in [-0.2, -0.15) is 18.4 Å². The van der Waals surface area contributed by atoms with Gasteiger partial charge in [0, 0.05) is 12.2 Å². The largest absolute Gasteiger partial charge is 0.462 e. The summed E-state index contributed by atoms with van der Waals surface area (Å²) in [6, 6.07) is 11.0. The Morgan fingerprint density at radius 1 is 1.20 bits per heavy atom. The van der Waals surface area contributed by atoms with Gasteiger partial charge in [-0.15, -0.1) is 0 Å². The molecule has 1 aliphatic heterocycles. The normalized spacial score (nSPS) is 16.2. The Labute approximate surface area is 201 Å². The van der Waals surface area contributed by atoms with Gasteiger partial charge in [0.1, 0.15) is 0 Å². The molecule has 0 saturated carbocycles. The van der Waals surface area contributed by atoms with Crippen LogP contribution in [-0.4, -0.2) is 44.1 Å². The number of ether oxygens (including phenoxy) is 1. The van der Waals surface area contributed by atoms with Crippen LogP contribution in [0.2, 0.25) is 0 Å². The number of anilines is 1. The van der Waals surface area contributed by atoms with E-state index in [-0.39, 0.29) is 23.6 Å². The van der Waals surface area contributed by atoms with E-state index in [1.807, 2.05) is 25.1 Å². The number of benzene rings is 2. The van der Waals surface area contributed by atoms with E-state index in [1.54, 1.807) is 24.3 Å². The first-order chi connectivity index (χ1) is 16.5. The fourth-order valence-corrected chi connectivity index (χ4v) is 3.76. The van der Waals surface area contributed by atoms with E-state index in [1.165, 1.54) is 19.1 Å².